The van der Waals surface area contributed by atoms with Crippen LogP contribution in [0.3, 0.4) is 0 Å². The van der Waals surface area contributed by atoms with Gasteiger partial charge in [-0.1, -0.05) is 22.6 Å². The first kappa shape index (κ1) is 9.61. The van der Waals surface area contributed by atoms with Gasteiger partial charge in [-0.25, -0.2) is 10.4 Å². The molecule has 0 aromatic rings. The number of hydrogen-bond donors (Lipinski definition) is 2. The molecule has 0 saturated heterocycles. The van der Waals surface area contributed by atoms with Crippen molar-refractivity contribution in [1.29, 1.82) is 0 Å². The second-order valence-electron chi connectivity index (χ2n) is 2.05. The molecule has 3 nitrogen and oxygen atoms in total. The highest BCUT2D eigenvalue weighted by Gasteiger charge is 1.91. The summed E-state index contributed by atoms with van der Waals surface area (Å²) in [6.45, 7) is 2.94. The van der Waals surface area contributed by atoms with Crippen LogP contribution in [-0.4, -0.2) is 29.8 Å². The summed E-state index contributed by atoms with van der Waals surface area (Å²) >= 11 is 2.32. The Kier molecular flexibility index (Phi) is 5.77. The fraction of sp³-hybridized carbons (Fsp3) is 1.00. The lowest BCUT2D eigenvalue weighted by atomic mass is 10.7. The van der Waals surface area contributed by atoms with Gasteiger partial charge in [0.05, 0.1) is 10.7 Å². The Labute approximate surface area is 70.3 Å². The molecule has 0 aromatic heterocycles. The zero-order chi connectivity index (χ0) is 7.28. The third-order valence-corrected chi connectivity index (χ3v) is 1.22. The van der Waals surface area contributed by atoms with Gasteiger partial charge in [0.1, 0.15) is 0 Å². The Bertz CT molecular complexity index is 57.2. The Morgan fingerprint density at radius 1 is 1.56 bits per heavy atom. The van der Waals surface area contributed by atoms with Crippen LogP contribution in [0.5, 0.6) is 0 Å². The first-order valence-electron chi connectivity index (χ1n) is 2.91. The lowest BCUT2D eigenvalue weighted by molar-refractivity contribution is 0.278. The minimum atomic E-state index is 0.523. The molecular formula is C5H14IN3. The Morgan fingerprint density at radius 2 is 2.11 bits per heavy atom. The molecular weight excluding hydrogens is 229 g/mol. The van der Waals surface area contributed by atoms with E-state index < -0.39 is 0 Å². The zero-order valence-electron chi connectivity index (χ0n) is 6.11. The topological polar surface area (TPSA) is 27.3 Å². The van der Waals surface area contributed by atoms with Gasteiger partial charge in [-0.15, -0.1) is 0 Å². The van der Waals surface area contributed by atoms with Crippen molar-refractivity contribution in [3.8, 4) is 0 Å². The van der Waals surface area contributed by atoms with Crippen molar-refractivity contribution in [2.24, 2.45) is 0 Å². The van der Waals surface area contributed by atoms with Gasteiger partial charge in [-0.3, -0.25) is 5.32 Å². The van der Waals surface area contributed by atoms with Gasteiger partial charge < -0.3 is 0 Å². The molecule has 0 bridgehead atoms. The van der Waals surface area contributed by atoms with Gasteiger partial charge in [-0.2, -0.15) is 0 Å². The van der Waals surface area contributed by atoms with E-state index in [1.165, 1.54) is 0 Å². The molecule has 1 unspecified atom stereocenters. The van der Waals surface area contributed by atoms with Crippen LogP contribution >= 0.6 is 22.6 Å². The van der Waals surface area contributed by atoms with Crippen molar-refractivity contribution in [1.82, 2.24) is 15.8 Å². The molecule has 0 aliphatic carbocycles. The van der Waals surface area contributed by atoms with Crippen LogP contribution in [0.15, 0.2) is 0 Å². The van der Waals surface area contributed by atoms with Crippen LogP contribution in [0.1, 0.15) is 6.92 Å². The van der Waals surface area contributed by atoms with E-state index in [2.05, 4.69) is 40.3 Å². The number of alkyl halides is 1. The molecule has 4 heteroatoms. The van der Waals surface area contributed by atoms with Gasteiger partial charge in [0.2, 0.25) is 0 Å². The maximum Gasteiger partial charge on any atom is 0.0599 e. The molecule has 1 atom stereocenters. The van der Waals surface area contributed by atoms with E-state index in [0.29, 0.717) is 4.05 Å². The smallest absolute Gasteiger partial charge is 0.0599 e. The minimum absolute atomic E-state index is 0.523. The predicted octanol–water partition coefficient (Wildman–Crippen LogP) is 0.381. The summed E-state index contributed by atoms with van der Waals surface area (Å²) in [7, 11) is 3.94. The Balaban J connectivity index is 2.91. The second kappa shape index (κ2) is 5.40. The van der Waals surface area contributed by atoms with Crippen molar-refractivity contribution >= 4 is 22.6 Å². The lowest BCUT2D eigenvalue weighted by Gasteiger charge is -2.13. The van der Waals surface area contributed by atoms with E-state index in [9.17, 15) is 0 Å². The fourth-order valence-corrected chi connectivity index (χ4v) is 0.565. The molecule has 0 amide bonds. The third kappa shape index (κ3) is 8.61. The molecule has 0 fully saturated rings. The Morgan fingerprint density at radius 3 is 2.44 bits per heavy atom. The molecule has 2 N–H and O–H groups in total. The van der Waals surface area contributed by atoms with Gasteiger partial charge in [0.15, 0.2) is 0 Å². The molecule has 0 spiro atoms. The second-order valence-corrected chi connectivity index (χ2v) is 3.92. The van der Waals surface area contributed by atoms with E-state index in [0.717, 1.165) is 6.67 Å². The maximum atomic E-state index is 3.21. The van der Waals surface area contributed by atoms with Crippen LogP contribution in [0, 0.1) is 0 Å². The number of nitrogens with zero attached hydrogens (tertiary/aromatic N) is 1. The first-order valence-corrected chi connectivity index (χ1v) is 4.16. The SMILES string of the molecule is CC(I)NCNN(C)C. The zero-order valence-corrected chi connectivity index (χ0v) is 8.27. The van der Waals surface area contributed by atoms with E-state index in [4.69, 9.17) is 0 Å². The molecule has 56 valence electrons. The van der Waals surface area contributed by atoms with Crippen LogP contribution in [-0.2, 0) is 0 Å². The van der Waals surface area contributed by atoms with Crippen LogP contribution in [0.2, 0.25) is 0 Å². The molecule has 0 aliphatic rings. The molecule has 9 heavy (non-hydrogen) atoms. The number of hydrogen-bond acceptors (Lipinski definition) is 3. The normalized spacial score (nSPS) is 14.3. The average Bonchev–Trinajstić information content (AvgIpc) is 1.63. The highest BCUT2D eigenvalue weighted by atomic mass is 127. The maximum absolute atomic E-state index is 3.21. The highest BCUT2D eigenvalue weighted by molar-refractivity contribution is 14.1. The molecule has 0 radical (unpaired) electrons. The first-order chi connectivity index (χ1) is 4.13. The molecule has 0 heterocycles. The van der Waals surface area contributed by atoms with Crippen molar-refractivity contribution < 1.29 is 0 Å². The summed E-state index contributed by atoms with van der Waals surface area (Å²) in [5.74, 6) is 0. The summed E-state index contributed by atoms with van der Waals surface area (Å²) < 4.78 is 0.523. The van der Waals surface area contributed by atoms with Crippen LogP contribution < -0.4 is 10.7 Å². The van der Waals surface area contributed by atoms with Crippen molar-refractivity contribution in [3.05, 3.63) is 0 Å². The van der Waals surface area contributed by atoms with E-state index in [1.54, 1.807) is 0 Å². The van der Waals surface area contributed by atoms with Gasteiger partial charge >= 0.3 is 0 Å². The predicted molar refractivity (Wildman–Crippen MR) is 48.3 cm³/mol. The van der Waals surface area contributed by atoms with E-state index >= 15 is 0 Å². The van der Waals surface area contributed by atoms with E-state index in [-0.39, 0.29) is 0 Å². The van der Waals surface area contributed by atoms with Crippen molar-refractivity contribution in [3.63, 3.8) is 0 Å². The van der Waals surface area contributed by atoms with Gasteiger partial charge in [0, 0.05) is 14.1 Å². The monoisotopic (exact) mass is 243 g/mol. The summed E-state index contributed by atoms with van der Waals surface area (Å²) in [5.41, 5.74) is 3.09. The molecule has 0 saturated carbocycles. The summed E-state index contributed by atoms with van der Waals surface area (Å²) in [5, 5.41) is 5.13. The van der Waals surface area contributed by atoms with Gasteiger partial charge in [0.25, 0.3) is 0 Å². The quantitative estimate of drug-likeness (QED) is 0.246. The number of hydrazine groups is 1. The van der Waals surface area contributed by atoms with Crippen LogP contribution in [0.4, 0.5) is 0 Å². The number of rotatable bonds is 4. The summed E-state index contributed by atoms with van der Waals surface area (Å²) in [4.78, 5) is 0. The summed E-state index contributed by atoms with van der Waals surface area (Å²) in [6, 6.07) is 0. The highest BCUT2D eigenvalue weighted by Crippen LogP contribution is 1.89. The number of halogens is 1. The molecule has 0 aliphatic heterocycles. The number of nitrogens with one attached hydrogen (secondary N) is 2. The van der Waals surface area contributed by atoms with Crippen molar-refractivity contribution in [2.75, 3.05) is 20.8 Å². The van der Waals surface area contributed by atoms with Gasteiger partial charge in [-0.05, 0) is 6.92 Å². The standard InChI is InChI=1S/C5H14IN3/c1-5(6)7-4-8-9(2)3/h5,7-8H,4H2,1-3H3. The third-order valence-electron chi connectivity index (χ3n) is 0.779. The molecule has 0 aromatic carbocycles. The fourth-order valence-electron chi connectivity index (χ4n) is 0.344. The van der Waals surface area contributed by atoms with Crippen LogP contribution in [0.25, 0.3) is 0 Å². The Hall–Kier alpha value is 0.610. The average molecular weight is 243 g/mol. The van der Waals surface area contributed by atoms with Crippen molar-refractivity contribution in [2.45, 2.75) is 11.0 Å². The largest absolute Gasteiger partial charge is 0.292 e. The lowest BCUT2D eigenvalue weighted by Crippen LogP contribution is -2.39. The summed E-state index contributed by atoms with van der Waals surface area (Å²) in [6.07, 6.45) is 0. The minimum Gasteiger partial charge on any atom is -0.292 e. The van der Waals surface area contributed by atoms with E-state index in [1.807, 2.05) is 19.1 Å². The molecule has 0 rings (SSSR count).